The number of aromatic nitrogens is 3. The van der Waals surface area contributed by atoms with Gasteiger partial charge in [-0.05, 0) is 26.0 Å². The first-order chi connectivity index (χ1) is 9.17. The fourth-order valence-electron chi connectivity index (χ4n) is 2.53. The Morgan fingerprint density at radius 1 is 1.26 bits per heavy atom. The number of methoxy groups -OCH3 is 1. The quantitative estimate of drug-likeness (QED) is 0.895. The minimum atomic E-state index is 0.809. The Kier molecular flexibility index (Phi) is 2.89. The first-order valence-corrected chi connectivity index (χ1v) is 6.48. The van der Waals surface area contributed by atoms with Crippen molar-refractivity contribution >= 4 is 5.82 Å². The van der Waals surface area contributed by atoms with Crippen LogP contribution in [0.3, 0.4) is 0 Å². The molecule has 0 amide bonds. The molecule has 0 unspecified atom stereocenters. The molecule has 1 N–H and O–H groups in total. The molecule has 2 aromatic rings. The molecule has 5 nitrogen and oxygen atoms in total. The smallest absolute Gasteiger partial charge is 0.171 e. The van der Waals surface area contributed by atoms with E-state index in [0.717, 1.165) is 42.6 Å². The van der Waals surface area contributed by atoms with Crippen molar-refractivity contribution in [1.82, 2.24) is 15.0 Å². The molecule has 3 rings (SSSR count). The first-order valence-electron chi connectivity index (χ1n) is 6.48. The van der Waals surface area contributed by atoms with Crippen molar-refractivity contribution in [3.05, 3.63) is 35.0 Å². The van der Waals surface area contributed by atoms with Crippen molar-refractivity contribution < 1.29 is 4.74 Å². The molecule has 1 aliphatic rings. The van der Waals surface area contributed by atoms with Gasteiger partial charge in [-0.2, -0.15) is 0 Å². The number of hydrogen-bond donors (Lipinski definition) is 1. The summed E-state index contributed by atoms with van der Waals surface area (Å²) in [4.78, 5) is 14.7. The highest BCUT2D eigenvalue weighted by atomic mass is 16.5. The van der Waals surface area contributed by atoms with Crippen LogP contribution in [-0.2, 0) is 13.0 Å². The normalized spacial score (nSPS) is 14.4. The fourth-order valence-corrected chi connectivity index (χ4v) is 2.53. The Bertz CT molecular complexity index is 605. The lowest BCUT2D eigenvalue weighted by molar-refractivity contribution is 0.411. The first kappa shape index (κ1) is 12.0. The zero-order valence-corrected chi connectivity index (χ0v) is 11.5. The zero-order valence-electron chi connectivity index (χ0n) is 11.5. The van der Waals surface area contributed by atoms with Gasteiger partial charge >= 0.3 is 0 Å². The molecule has 0 saturated heterocycles. The SMILES string of the molecule is COc1ccc(C)nc1N1CCc2nc(C)[nH]c2C1. The maximum Gasteiger partial charge on any atom is 0.171 e. The molecule has 1 aliphatic heterocycles. The molecular weight excluding hydrogens is 240 g/mol. The number of rotatable bonds is 2. The van der Waals surface area contributed by atoms with Crippen LogP contribution in [0.5, 0.6) is 5.75 Å². The van der Waals surface area contributed by atoms with E-state index in [-0.39, 0.29) is 0 Å². The minimum absolute atomic E-state index is 0.809. The monoisotopic (exact) mass is 258 g/mol. The summed E-state index contributed by atoms with van der Waals surface area (Å²) in [6.45, 7) is 5.72. The summed E-state index contributed by atoms with van der Waals surface area (Å²) in [5.41, 5.74) is 3.37. The number of pyridine rings is 1. The molecule has 0 radical (unpaired) electrons. The second-order valence-corrected chi connectivity index (χ2v) is 4.90. The molecule has 0 aliphatic carbocycles. The van der Waals surface area contributed by atoms with Crippen molar-refractivity contribution in [3.63, 3.8) is 0 Å². The van der Waals surface area contributed by atoms with E-state index in [9.17, 15) is 0 Å². The summed E-state index contributed by atoms with van der Waals surface area (Å²) in [6.07, 6.45) is 0.943. The molecule has 0 spiro atoms. The maximum absolute atomic E-state index is 5.42. The summed E-state index contributed by atoms with van der Waals surface area (Å²) in [7, 11) is 1.69. The van der Waals surface area contributed by atoms with Gasteiger partial charge in [0.2, 0.25) is 0 Å². The molecular formula is C14H18N4O. The third-order valence-corrected chi connectivity index (χ3v) is 3.45. The van der Waals surface area contributed by atoms with Crippen LogP contribution in [0.25, 0.3) is 0 Å². The van der Waals surface area contributed by atoms with Crippen molar-refractivity contribution in [2.45, 2.75) is 26.8 Å². The van der Waals surface area contributed by atoms with E-state index < -0.39 is 0 Å². The summed E-state index contributed by atoms with van der Waals surface area (Å²) in [5.74, 6) is 2.72. The van der Waals surface area contributed by atoms with Crippen molar-refractivity contribution in [1.29, 1.82) is 0 Å². The second kappa shape index (κ2) is 4.57. The molecule has 19 heavy (non-hydrogen) atoms. The largest absolute Gasteiger partial charge is 0.493 e. The standard InChI is InChI=1S/C14H18N4O/c1-9-4-5-13(19-3)14(15-9)18-7-6-11-12(8-18)17-10(2)16-11/h4-5H,6-8H2,1-3H3,(H,16,17). The third-order valence-electron chi connectivity index (χ3n) is 3.45. The van der Waals surface area contributed by atoms with Gasteiger partial charge in [0.15, 0.2) is 11.6 Å². The predicted molar refractivity (Wildman–Crippen MR) is 73.6 cm³/mol. The number of hydrogen-bond acceptors (Lipinski definition) is 4. The lowest BCUT2D eigenvalue weighted by Gasteiger charge is -2.28. The number of nitrogens with one attached hydrogen (secondary N) is 1. The Morgan fingerprint density at radius 2 is 2.11 bits per heavy atom. The third kappa shape index (κ3) is 2.16. The molecule has 0 bridgehead atoms. The highest BCUT2D eigenvalue weighted by Gasteiger charge is 2.22. The van der Waals surface area contributed by atoms with E-state index in [1.165, 1.54) is 11.4 Å². The highest BCUT2D eigenvalue weighted by molar-refractivity contribution is 5.54. The van der Waals surface area contributed by atoms with Gasteiger partial charge in [-0.3, -0.25) is 0 Å². The van der Waals surface area contributed by atoms with E-state index in [0.29, 0.717) is 0 Å². The Hall–Kier alpha value is -2.04. The molecule has 2 aromatic heterocycles. The molecule has 0 fully saturated rings. The van der Waals surface area contributed by atoms with Gasteiger partial charge < -0.3 is 14.6 Å². The lowest BCUT2D eigenvalue weighted by atomic mass is 10.1. The average Bonchev–Trinajstić information content (AvgIpc) is 2.77. The fraction of sp³-hybridized carbons (Fsp3) is 0.429. The summed E-state index contributed by atoms with van der Waals surface area (Å²) < 4.78 is 5.42. The van der Waals surface area contributed by atoms with Gasteiger partial charge in [0.1, 0.15) is 5.82 Å². The molecule has 100 valence electrons. The Labute approximate surface area is 112 Å². The van der Waals surface area contributed by atoms with Crippen LogP contribution in [0, 0.1) is 13.8 Å². The van der Waals surface area contributed by atoms with Crippen molar-refractivity contribution in [3.8, 4) is 5.75 Å². The number of H-pyrrole nitrogens is 1. The highest BCUT2D eigenvalue weighted by Crippen LogP contribution is 2.29. The second-order valence-electron chi connectivity index (χ2n) is 4.90. The van der Waals surface area contributed by atoms with E-state index in [2.05, 4.69) is 19.9 Å². The van der Waals surface area contributed by atoms with Gasteiger partial charge in [0, 0.05) is 18.7 Å². The van der Waals surface area contributed by atoms with E-state index in [4.69, 9.17) is 4.74 Å². The van der Waals surface area contributed by atoms with E-state index in [1.54, 1.807) is 7.11 Å². The molecule has 0 atom stereocenters. The number of nitrogens with zero attached hydrogens (tertiary/aromatic N) is 3. The Balaban J connectivity index is 1.94. The van der Waals surface area contributed by atoms with Gasteiger partial charge in [0.05, 0.1) is 25.0 Å². The van der Waals surface area contributed by atoms with Crippen LogP contribution in [0.15, 0.2) is 12.1 Å². The lowest BCUT2D eigenvalue weighted by Crippen LogP contribution is -2.31. The van der Waals surface area contributed by atoms with Gasteiger partial charge in [-0.25, -0.2) is 9.97 Å². The van der Waals surface area contributed by atoms with E-state index >= 15 is 0 Å². The maximum atomic E-state index is 5.42. The van der Waals surface area contributed by atoms with Gasteiger partial charge in [-0.1, -0.05) is 0 Å². The van der Waals surface area contributed by atoms with Crippen LogP contribution < -0.4 is 9.64 Å². The number of anilines is 1. The number of imidazole rings is 1. The van der Waals surface area contributed by atoms with Crippen molar-refractivity contribution in [2.24, 2.45) is 0 Å². The topological polar surface area (TPSA) is 54.0 Å². The zero-order chi connectivity index (χ0) is 13.4. The van der Waals surface area contributed by atoms with E-state index in [1.807, 2.05) is 26.0 Å². The summed E-state index contributed by atoms with van der Waals surface area (Å²) in [6, 6.07) is 3.95. The van der Waals surface area contributed by atoms with Gasteiger partial charge in [0.25, 0.3) is 0 Å². The number of ether oxygens (including phenoxy) is 1. The molecule has 3 heterocycles. The summed E-state index contributed by atoms with van der Waals surface area (Å²) in [5, 5.41) is 0. The number of aromatic amines is 1. The summed E-state index contributed by atoms with van der Waals surface area (Å²) >= 11 is 0. The Morgan fingerprint density at radius 3 is 2.89 bits per heavy atom. The predicted octanol–water partition coefficient (Wildman–Crippen LogP) is 1.99. The molecule has 0 aromatic carbocycles. The molecule has 5 heteroatoms. The minimum Gasteiger partial charge on any atom is -0.493 e. The van der Waals surface area contributed by atoms with Crippen LogP contribution in [-0.4, -0.2) is 28.6 Å². The van der Waals surface area contributed by atoms with Crippen molar-refractivity contribution in [2.75, 3.05) is 18.6 Å². The molecule has 0 saturated carbocycles. The number of aryl methyl sites for hydroxylation is 2. The number of fused-ring (bicyclic) bond motifs is 1. The van der Waals surface area contributed by atoms with Crippen LogP contribution in [0.1, 0.15) is 22.9 Å². The van der Waals surface area contributed by atoms with Crippen LogP contribution in [0.2, 0.25) is 0 Å². The van der Waals surface area contributed by atoms with Crippen LogP contribution in [0.4, 0.5) is 5.82 Å². The van der Waals surface area contributed by atoms with Gasteiger partial charge in [-0.15, -0.1) is 0 Å². The van der Waals surface area contributed by atoms with Crippen LogP contribution >= 0.6 is 0 Å². The average molecular weight is 258 g/mol.